The Morgan fingerprint density at radius 3 is 1.17 bits per heavy atom. The van der Waals surface area contributed by atoms with Crippen LogP contribution in [-0.4, -0.2) is 18.1 Å². The molecule has 2 N–H and O–H groups in total. The zero-order valence-corrected chi connectivity index (χ0v) is 25.5. The molecule has 0 aromatic carbocycles. The quantitative estimate of drug-likeness (QED) is 0.285. The summed E-state index contributed by atoms with van der Waals surface area (Å²) in [5.41, 5.74) is 6.00. The van der Waals surface area contributed by atoms with Crippen molar-refractivity contribution >= 4 is 56.4 Å². The van der Waals surface area contributed by atoms with E-state index in [4.69, 9.17) is 24.4 Å². The van der Waals surface area contributed by atoms with Crippen molar-refractivity contribution in [3.8, 4) is 0 Å². The third-order valence-corrected chi connectivity index (χ3v) is 12.7. The van der Waals surface area contributed by atoms with Crippen LogP contribution in [0.3, 0.4) is 0 Å². The highest BCUT2D eigenvalue weighted by molar-refractivity contribution is 8.25. The molecule has 0 atom stereocenters. The summed E-state index contributed by atoms with van der Waals surface area (Å²) in [7, 11) is 0. The van der Waals surface area contributed by atoms with Crippen LogP contribution in [0.5, 0.6) is 0 Å². The minimum absolute atomic E-state index is 0.261. The van der Waals surface area contributed by atoms with Gasteiger partial charge in [-0.1, -0.05) is 112 Å². The van der Waals surface area contributed by atoms with Gasteiger partial charge in [0.25, 0.3) is 0 Å². The molecule has 6 rings (SSSR count). The molecule has 36 heavy (non-hydrogen) atoms. The average Bonchev–Trinajstić information content (AvgIpc) is 3.40. The minimum Gasteiger partial charge on any atom is -0.373 e. The van der Waals surface area contributed by atoms with Crippen LogP contribution in [0.2, 0.25) is 0 Å². The van der Waals surface area contributed by atoms with Crippen molar-refractivity contribution in [1.82, 2.24) is 10.6 Å². The maximum Gasteiger partial charge on any atom is 0.0885 e. The summed E-state index contributed by atoms with van der Waals surface area (Å²) in [6, 6.07) is 0. The summed E-state index contributed by atoms with van der Waals surface area (Å²) >= 11 is 15.4. The van der Waals surface area contributed by atoms with Gasteiger partial charge in [0.15, 0.2) is 0 Å². The highest BCUT2D eigenvalue weighted by Gasteiger charge is 2.39. The second-order valence-corrected chi connectivity index (χ2v) is 16.0. The lowest BCUT2D eigenvalue weighted by Crippen LogP contribution is -2.45. The monoisotopic (exact) mass is 562 g/mol. The lowest BCUT2D eigenvalue weighted by atomic mass is 10.0. The standard InChI is InChI=1S/2C15H23NS2/c2*17-14-12-8-4-3-5-9-13(12)16-15(18-14)10-6-1-2-7-11-15/h2*16H,1-11H2. The molecule has 2 nitrogen and oxygen atoms in total. The van der Waals surface area contributed by atoms with Crippen LogP contribution < -0.4 is 10.6 Å². The zero-order valence-electron chi connectivity index (χ0n) is 22.2. The summed E-state index contributed by atoms with van der Waals surface area (Å²) in [6.45, 7) is 0. The Morgan fingerprint density at radius 2 is 0.778 bits per heavy atom. The van der Waals surface area contributed by atoms with E-state index in [1.807, 2.05) is 23.5 Å². The van der Waals surface area contributed by atoms with Crippen molar-refractivity contribution in [3.05, 3.63) is 22.5 Å². The Balaban J connectivity index is 0.000000148. The number of rotatable bonds is 0. The summed E-state index contributed by atoms with van der Waals surface area (Å²) in [5, 5.41) is 7.87. The van der Waals surface area contributed by atoms with E-state index in [-0.39, 0.29) is 9.74 Å². The highest BCUT2D eigenvalue weighted by Crippen LogP contribution is 2.46. The van der Waals surface area contributed by atoms with Crippen LogP contribution in [0.1, 0.15) is 141 Å². The van der Waals surface area contributed by atoms with Crippen molar-refractivity contribution in [1.29, 1.82) is 0 Å². The summed E-state index contributed by atoms with van der Waals surface area (Å²) in [4.78, 5) is 0.521. The van der Waals surface area contributed by atoms with E-state index in [2.05, 4.69) is 10.6 Å². The second-order valence-electron chi connectivity index (χ2n) is 11.9. The van der Waals surface area contributed by atoms with Crippen molar-refractivity contribution in [2.45, 2.75) is 151 Å². The van der Waals surface area contributed by atoms with Crippen molar-refractivity contribution in [2.24, 2.45) is 0 Å². The Hall–Kier alpha value is -0.0400. The molecular weight excluding hydrogens is 517 g/mol. The van der Waals surface area contributed by atoms with E-state index in [0.29, 0.717) is 0 Å². The molecule has 2 aliphatic heterocycles. The third kappa shape index (κ3) is 6.74. The Morgan fingerprint density at radius 1 is 0.444 bits per heavy atom. The fraction of sp³-hybridized carbons (Fsp3) is 0.800. The maximum absolute atomic E-state index is 5.73. The van der Waals surface area contributed by atoms with Gasteiger partial charge < -0.3 is 10.6 Å². The first-order chi connectivity index (χ1) is 17.6. The molecule has 0 aromatic rings. The summed E-state index contributed by atoms with van der Waals surface area (Å²) < 4.78 is 2.43. The molecule has 6 aliphatic rings. The molecule has 0 amide bonds. The first kappa shape index (κ1) is 27.5. The number of thioether (sulfide) groups is 2. The third-order valence-electron chi connectivity index (χ3n) is 9.08. The van der Waals surface area contributed by atoms with Gasteiger partial charge in [-0.3, -0.25) is 0 Å². The van der Waals surface area contributed by atoms with Gasteiger partial charge in [0.05, 0.1) is 18.1 Å². The van der Waals surface area contributed by atoms with Gasteiger partial charge in [-0.15, -0.1) is 0 Å². The first-order valence-corrected chi connectivity index (χ1v) is 17.5. The Kier molecular flexibility index (Phi) is 9.84. The molecule has 0 aromatic heterocycles. The van der Waals surface area contributed by atoms with Crippen LogP contribution >= 0.6 is 48.0 Å². The van der Waals surface area contributed by atoms with E-state index in [1.54, 1.807) is 0 Å². The van der Waals surface area contributed by atoms with Crippen molar-refractivity contribution < 1.29 is 0 Å². The summed E-state index contributed by atoms with van der Waals surface area (Å²) in [5.74, 6) is 0. The van der Waals surface area contributed by atoms with E-state index in [9.17, 15) is 0 Å². The number of allylic oxidation sites excluding steroid dienone is 2. The fourth-order valence-corrected chi connectivity index (χ4v) is 11.2. The maximum atomic E-state index is 5.73. The molecule has 2 saturated carbocycles. The van der Waals surface area contributed by atoms with Gasteiger partial charge in [0.2, 0.25) is 0 Å². The topological polar surface area (TPSA) is 24.1 Å². The van der Waals surface area contributed by atoms with E-state index >= 15 is 0 Å². The van der Waals surface area contributed by atoms with Gasteiger partial charge in [-0.25, -0.2) is 0 Å². The molecular formula is C30H46N2S4. The molecule has 0 saturated heterocycles. The Bertz CT molecular complexity index is 801. The van der Waals surface area contributed by atoms with Gasteiger partial charge in [-0.2, -0.15) is 0 Å². The van der Waals surface area contributed by atoms with Crippen LogP contribution in [-0.2, 0) is 0 Å². The van der Waals surface area contributed by atoms with Gasteiger partial charge in [0.1, 0.15) is 0 Å². The van der Waals surface area contributed by atoms with E-state index in [0.717, 1.165) is 0 Å². The summed E-state index contributed by atoms with van der Waals surface area (Å²) in [6.07, 6.45) is 29.3. The van der Waals surface area contributed by atoms with E-state index < -0.39 is 0 Å². The van der Waals surface area contributed by atoms with Crippen molar-refractivity contribution in [3.63, 3.8) is 0 Å². The molecule has 0 unspecified atom stereocenters. The number of thiocarbonyl (C=S) groups is 2. The molecule has 2 fully saturated rings. The Labute approximate surface area is 239 Å². The molecule has 4 aliphatic carbocycles. The molecule has 0 bridgehead atoms. The van der Waals surface area contributed by atoms with E-state index in [1.165, 1.54) is 172 Å². The molecule has 2 heterocycles. The van der Waals surface area contributed by atoms with Gasteiger partial charge >= 0.3 is 0 Å². The predicted molar refractivity (Wildman–Crippen MR) is 168 cm³/mol. The highest BCUT2D eigenvalue weighted by atomic mass is 32.2. The lowest BCUT2D eigenvalue weighted by Gasteiger charge is -2.40. The molecule has 6 heteroatoms. The van der Waals surface area contributed by atoms with Crippen LogP contribution in [0, 0.1) is 0 Å². The zero-order chi connectivity index (χ0) is 24.8. The molecule has 2 spiro atoms. The van der Waals surface area contributed by atoms with Crippen LogP contribution in [0.4, 0.5) is 0 Å². The first-order valence-electron chi connectivity index (χ1n) is 15.1. The molecule has 200 valence electrons. The van der Waals surface area contributed by atoms with Crippen LogP contribution in [0.25, 0.3) is 0 Å². The van der Waals surface area contributed by atoms with Gasteiger partial charge in [0, 0.05) is 11.4 Å². The number of hydrogen-bond donors (Lipinski definition) is 2. The van der Waals surface area contributed by atoms with Crippen molar-refractivity contribution in [2.75, 3.05) is 0 Å². The largest absolute Gasteiger partial charge is 0.373 e. The van der Waals surface area contributed by atoms with Crippen LogP contribution in [0.15, 0.2) is 22.5 Å². The normalized spacial score (nSPS) is 28.3. The minimum atomic E-state index is 0.261. The van der Waals surface area contributed by atoms with Gasteiger partial charge in [-0.05, 0) is 88.2 Å². The average molecular weight is 563 g/mol. The number of nitrogens with one attached hydrogen (secondary N) is 2. The SMILES string of the molecule is S=C1SC2(CCCCCC2)NC2=C1CCCCC2.S=C1SC2(CCCCCC2)NC2=C1CCCCC2. The second kappa shape index (κ2) is 12.9. The number of hydrogen-bond acceptors (Lipinski definition) is 6. The fourth-order valence-electron chi connectivity index (χ4n) is 7.02. The molecule has 0 radical (unpaired) electrons. The smallest absolute Gasteiger partial charge is 0.0885 e. The lowest BCUT2D eigenvalue weighted by molar-refractivity contribution is 0.443. The predicted octanol–water partition coefficient (Wildman–Crippen LogP) is 9.84.